The molecule has 2 heterocycles. The van der Waals surface area contributed by atoms with Crippen molar-refractivity contribution in [1.29, 1.82) is 0 Å². The maximum absolute atomic E-state index is 5.23. The minimum Gasteiger partial charge on any atom is -0.497 e. The first-order valence-corrected chi connectivity index (χ1v) is 6.95. The van der Waals surface area contributed by atoms with E-state index in [2.05, 4.69) is 20.3 Å². The van der Waals surface area contributed by atoms with Crippen LogP contribution in [-0.4, -0.2) is 33.2 Å². The zero-order valence-corrected chi connectivity index (χ0v) is 12.6. The van der Waals surface area contributed by atoms with Gasteiger partial charge in [0.2, 0.25) is 4.77 Å². The van der Waals surface area contributed by atoms with E-state index < -0.39 is 0 Å². The number of pyridine rings is 1. The molecular formula is C15H13N5OS. The Morgan fingerprint density at radius 2 is 2.09 bits per heavy atom. The van der Waals surface area contributed by atoms with E-state index in [1.165, 1.54) is 0 Å². The van der Waals surface area contributed by atoms with E-state index in [-0.39, 0.29) is 0 Å². The molecule has 2 aromatic heterocycles. The first kappa shape index (κ1) is 14.2. The van der Waals surface area contributed by atoms with E-state index >= 15 is 0 Å². The molecule has 0 aliphatic rings. The second-order valence-electron chi connectivity index (χ2n) is 4.42. The predicted molar refractivity (Wildman–Crippen MR) is 86.6 cm³/mol. The van der Waals surface area contributed by atoms with Gasteiger partial charge in [-0.3, -0.25) is 4.98 Å². The van der Waals surface area contributed by atoms with Crippen molar-refractivity contribution >= 4 is 18.4 Å². The van der Waals surface area contributed by atoms with Gasteiger partial charge in [0.05, 0.1) is 13.3 Å². The minimum atomic E-state index is 0.422. The van der Waals surface area contributed by atoms with Crippen LogP contribution in [0.5, 0.6) is 5.75 Å². The molecule has 22 heavy (non-hydrogen) atoms. The summed E-state index contributed by atoms with van der Waals surface area (Å²) < 4.78 is 7.15. The zero-order chi connectivity index (χ0) is 15.4. The number of methoxy groups -OCH3 is 1. The maximum atomic E-state index is 5.23. The fourth-order valence-electron chi connectivity index (χ4n) is 1.90. The van der Waals surface area contributed by atoms with Gasteiger partial charge in [-0.05, 0) is 42.5 Å². The summed E-state index contributed by atoms with van der Waals surface area (Å²) in [6, 6.07) is 11.3. The van der Waals surface area contributed by atoms with E-state index in [4.69, 9.17) is 17.0 Å². The van der Waals surface area contributed by atoms with Crippen molar-refractivity contribution in [3.8, 4) is 17.1 Å². The van der Waals surface area contributed by atoms with Crippen molar-refractivity contribution in [2.75, 3.05) is 7.11 Å². The minimum absolute atomic E-state index is 0.422. The summed E-state index contributed by atoms with van der Waals surface area (Å²) in [5, 5.41) is 11.4. The molecule has 1 aromatic carbocycles. The first-order valence-electron chi connectivity index (χ1n) is 6.54. The number of H-pyrrole nitrogens is 1. The van der Waals surface area contributed by atoms with E-state index in [1.54, 1.807) is 30.4 Å². The number of aromatic amines is 1. The quantitative estimate of drug-likeness (QED) is 0.594. The Hall–Kier alpha value is -2.80. The average molecular weight is 311 g/mol. The van der Waals surface area contributed by atoms with Crippen LogP contribution in [0.2, 0.25) is 0 Å². The third-order valence-electron chi connectivity index (χ3n) is 3.01. The van der Waals surface area contributed by atoms with E-state index in [0.717, 1.165) is 16.9 Å². The standard InChI is InChI=1S/C15H13N5OS/c1-21-13-6-4-12(5-7-13)14-18-19-15(22)20(14)17-10-11-3-2-8-16-9-11/h2-10H,1H3,(H,19,22)/b17-10-. The van der Waals surface area contributed by atoms with Crippen LogP contribution < -0.4 is 4.74 Å². The molecule has 0 amide bonds. The number of rotatable bonds is 4. The van der Waals surface area contributed by atoms with Gasteiger partial charge in [0.15, 0.2) is 5.82 Å². The summed E-state index contributed by atoms with van der Waals surface area (Å²) in [4.78, 5) is 4.04. The molecule has 0 fully saturated rings. The highest BCUT2D eigenvalue weighted by molar-refractivity contribution is 7.71. The molecule has 3 rings (SSSR count). The van der Waals surface area contributed by atoms with Gasteiger partial charge < -0.3 is 4.74 Å². The number of ether oxygens (including phenoxy) is 1. The van der Waals surface area contributed by atoms with Crippen LogP contribution in [0.25, 0.3) is 11.4 Å². The molecule has 7 heteroatoms. The van der Waals surface area contributed by atoms with Crippen molar-refractivity contribution in [2.45, 2.75) is 0 Å². The van der Waals surface area contributed by atoms with Gasteiger partial charge in [-0.2, -0.15) is 14.9 Å². The van der Waals surface area contributed by atoms with Gasteiger partial charge in [-0.25, -0.2) is 5.10 Å². The molecule has 6 nitrogen and oxygen atoms in total. The molecule has 0 radical (unpaired) electrons. The topological polar surface area (TPSA) is 68.1 Å². The number of hydrogen-bond acceptors (Lipinski definition) is 5. The van der Waals surface area contributed by atoms with Crippen LogP contribution in [0.1, 0.15) is 5.56 Å². The van der Waals surface area contributed by atoms with E-state index in [0.29, 0.717) is 10.6 Å². The molecule has 0 bridgehead atoms. The summed E-state index contributed by atoms with van der Waals surface area (Å²) in [5.41, 5.74) is 1.77. The van der Waals surface area contributed by atoms with Gasteiger partial charge in [-0.1, -0.05) is 6.07 Å². The molecule has 110 valence electrons. The van der Waals surface area contributed by atoms with Crippen LogP contribution >= 0.6 is 12.2 Å². The van der Waals surface area contributed by atoms with Gasteiger partial charge in [0.1, 0.15) is 5.75 Å². The Bertz CT molecular complexity index is 836. The number of hydrogen-bond donors (Lipinski definition) is 1. The number of benzene rings is 1. The molecule has 0 spiro atoms. The van der Waals surface area contributed by atoms with Crippen LogP contribution in [0.3, 0.4) is 0 Å². The summed E-state index contributed by atoms with van der Waals surface area (Å²) in [6.07, 6.45) is 5.12. The zero-order valence-electron chi connectivity index (χ0n) is 11.8. The van der Waals surface area contributed by atoms with Gasteiger partial charge >= 0.3 is 0 Å². The molecule has 0 aliphatic carbocycles. The Balaban J connectivity index is 1.97. The Morgan fingerprint density at radius 3 is 2.77 bits per heavy atom. The molecule has 0 aliphatic heterocycles. The lowest BCUT2D eigenvalue weighted by Crippen LogP contribution is -1.95. The lowest BCUT2D eigenvalue weighted by molar-refractivity contribution is 0.415. The van der Waals surface area contributed by atoms with Crippen LogP contribution in [0, 0.1) is 4.77 Å². The third-order valence-corrected chi connectivity index (χ3v) is 3.27. The maximum Gasteiger partial charge on any atom is 0.216 e. The molecule has 0 saturated heterocycles. The van der Waals surface area contributed by atoms with Crippen LogP contribution in [0.4, 0.5) is 0 Å². The molecular weight excluding hydrogens is 298 g/mol. The van der Waals surface area contributed by atoms with Crippen molar-refractivity contribution in [2.24, 2.45) is 5.10 Å². The molecule has 0 unspecified atom stereocenters. The normalized spacial score (nSPS) is 11.0. The van der Waals surface area contributed by atoms with Crippen molar-refractivity contribution in [3.05, 3.63) is 59.1 Å². The van der Waals surface area contributed by atoms with Crippen LogP contribution in [-0.2, 0) is 0 Å². The first-order chi connectivity index (χ1) is 10.8. The second kappa shape index (κ2) is 6.31. The monoisotopic (exact) mass is 311 g/mol. The fraction of sp³-hybridized carbons (Fsp3) is 0.0667. The van der Waals surface area contributed by atoms with Gasteiger partial charge in [-0.15, -0.1) is 0 Å². The lowest BCUT2D eigenvalue weighted by atomic mass is 10.2. The second-order valence-corrected chi connectivity index (χ2v) is 4.81. The van der Waals surface area contributed by atoms with Crippen molar-refractivity contribution in [1.82, 2.24) is 19.9 Å². The summed E-state index contributed by atoms with van der Waals surface area (Å²) in [7, 11) is 1.63. The third kappa shape index (κ3) is 2.94. The Labute approximate surface area is 132 Å². The number of nitrogens with zero attached hydrogens (tertiary/aromatic N) is 4. The smallest absolute Gasteiger partial charge is 0.216 e. The summed E-state index contributed by atoms with van der Waals surface area (Å²) in [6.45, 7) is 0. The highest BCUT2D eigenvalue weighted by Crippen LogP contribution is 2.20. The van der Waals surface area contributed by atoms with Gasteiger partial charge in [0.25, 0.3) is 0 Å². The number of nitrogens with one attached hydrogen (secondary N) is 1. The van der Waals surface area contributed by atoms with E-state index in [1.807, 2.05) is 36.4 Å². The number of aromatic nitrogens is 4. The van der Waals surface area contributed by atoms with Crippen molar-refractivity contribution in [3.63, 3.8) is 0 Å². The lowest BCUT2D eigenvalue weighted by Gasteiger charge is -2.03. The fourth-order valence-corrected chi connectivity index (χ4v) is 2.08. The summed E-state index contributed by atoms with van der Waals surface area (Å²) >= 11 is 5.23. The van der Waals surface area contributed by atoms with Crippen LogP contribution in [0.15, 0.2) is 53.9 Å². The highest BCUT2D eigenvalue weighted by Gasteiger charge is 2.08. The largest absolute Gasteiger partial charge is 0.497 e. The molecule has 0 saturated carbocycles. The Morgan fingerprint density at radius 1 is 1.27 bits per heavy atom. The highest BCUT2D eigenvalue weighted by atomic mass is 32.1. The Kier molecular flexibility index (Phi) is 4.06. The summed E-state index contributed by atoms with van der Waals surface area (Å²) in [5.74, 6) is 1.41. The van der Waals surface area contributed by atoms with E-state index in [9.17, 15) is 0 Å². The molecule has 0 atom stereocenters. The predicted octanol–water partition coefficient (Wildman–Crippen LogP) is 2.89. The SMILES string of the molecule is COc1ccc(-c2n[nH]c(=S)n2/N=C\c2cccnc2)cc1. The average Bonchev–Trinajstić information content (AvgIpc) is 2.95. The van der Waals surface area contributed by atoms with Gasteiger partial charge in [0, 0.05) is 23.5 Å². The molecule has 3 aromatic rings. The van der Waals surface area contributed by atoms with Crippen molar-refractivity contribution < 1.29 is 4.74 Å². The molecule has 1 N–H and O–H groups in total.